The van der Waals surface area contributed by atoms with Crippen molar-refractivity contribution >= 4 is 6.03 Å². The first kappa shape index (κ1) is 17.5. The van der Waals surface area contributed by atoms with Crippen molar-refractivity contribution in [2.24, 2.45) is 0 Å². The summed E-state index contributed by atoms with van der Waals surface area (Å²) in [6.07, 6.45) is 4.96. The molecule has 2 rings (SSSR count). The van der Waals surface area contributed by atoms with Gasteiger partial charge in [0.05, 0.1) is 13.2 Å². The predicted octanol–water partition coefficient (Wildman–Crippen LogP) is 0.997. The maximum absolute atomic E-state index is 12.6. The summed E-state index contributed by atoms with van der Waals surface area (Å²) in [4.78, 5) is 18.8. The third kappa shape index (κ3) is 5.11. The van der Waals surface area contributed by atoms with E-state index in [1.807, 2.05) is 16.8 Å². The lowest BCUT2D eigenvalue weighted by Crippen LogP contribution is -2.50. The van der Waals surface area contributed by atoms with Gasteiger partial charge in [0, 0.05) is 52.4 Å². The summed E-state index contributed by atoms with van der Waals surface area (Å²) in [5.41, 5.74) is 0. The summed E-state index contributed by atoms with van der Waals surface area (Å²) in [6.45, 7) is 6.47. The summed E-state index contributed by atoms with van der Waals surface area (Å²) >= 11 is 0. The summed E-state index contributed by atoms with van der Waals surface area (Å²) < 4.78 is 5.35. The van der Waals surface area contributed by atoms with Gasteiger partial charge in [-0.05, 0) is 32.1 Å². The molecule has 0 bridgehead atoms. The van der Waals surface area contributed by atoms with Gasteiger partial charge < -0.3 is 19.6 Å². The zero-order valence-electron chi connectivity index (χ0n) is 13.9. The Morgan fingerprint density at radius 1 is 1.27 bits per heavy atom. The average Bonchev–Trinajstić information content (AvgIpc) is 2.56. The molecule has 2 heterocycles. The lowest BCUT2D eigenvalue weighted by atomic mass is 10.00. The third-order valence-electron chi connectivity index (χ3n) is 4.73. The fourth-order valence-corrected chi connectivity index (χ4v) is 3.37. The minimum absolute atomic E-state index is 0.125. The summed E-state index contributed by atoms with van der Waals surface area (Å²) in [5.74, 6) is 0. The van der Waals surface area contributed by atoms with Crippen LogP contribution in [0.5, 0.6) is 0 Å². The van der Waals surface area contributed by atoms with E-state index in [9.17, 15) is 9.90 Å². The molecule has 6 nitrogen and oxygen atoms in total. The second kappa shape index (κ2) is 9.33. The van der Waals surface area contributed by atoms with Crippen LogP contribution < -0.4 is 0 Å². The van der Waals surface area contributed by atoms with Crippen molar-refractivity contribution < 1.29 is 14.6 Å². The van der Waals surface area contributed by atoms with E-state index in [-0.39, 0.29) is 18.7 Å². The highest BCUT2D eigenvalue weighted by atomic mass is 16.5. The quantitative estimate of drug-likeness (QED) is 0.795. The van der Waals surface area contributed by atoms with Crippen LogP contribution in [0.1, 0.15) is 32.1 Å². The van der Waals surface area contributed by atoms with Gasteiger partial charge >= 0.3 is 6.03 Å². The number of carbonyl (C=O) groups excluding carboxylic acids is 1. The minimum Gasteiger partial charge on any atom is -0.396 e. The lowest BCUT2D eigenvalue weighted by Gasteiger charge is -2.38. The van der Waals surface area contributed by atoms with E-state index < -0.39 is 0 Å². The van der Waals surface area contributed by atoms with Crippen molar-refractivity contribution in [2.45, 2.75) is 38.1 Å². The number of carbonyl (C=O) groups is 1. The number of hydrogen-bond acceptors (Lipinski definition) is 4. The molecule has 1 unspecified atom stereocenters. The zero-order chi connectivity index (χ0) is 15.8. The van der Waals surface area contributed by atoms with Gasteiger partial charge in [0.2, 0.25) is 0 Å². The first-order valence-corrected chi connectivity index (χ1v) is 8.65. The number of ether oxygens (including phenoxy) is 1. The number of amides is 2. The number of hydrogen-bond donors (Lipinski definition) is 1. The van der Waals surface area contributed by atoms with Crippen molar-refractivity contribution in [3.05, 3.63) is 0 Å². The number of urea groups is 1. The van der Waals surface area contributed by atoms with Crippen molar-refractivity contribution in [2.75, 3.05) is 59.6 Å². The molecule has 0 aromatic heterocycles. The fourth-order valence-electron chi connectivity index (χ4n) is 3.37. The molecule has 128 valence electrons. The highest BCUT2D eigenvalue weighted by Crippen LogP contribution is 2.20. The molecule has 2 fully saturated rings. The Morgan fingerprint density at radius 2 is 2.05 bits per heavy atom. The molecule has 1 atom stereocenters. The Kier molecular flexibility index (Phi) is 7.42. The smallest absolute Gasteiger partial charge is 0.319 e. The van der Waals surface area contributed by atoms with E-state index in [0.717, 1.165) is 71.6 Å². The molecule has 2 saturated heterocycles. The Morgan fingerprint density at radius 3 is 2.77 bits per heavy atom. The Hall–Kier alpha value is -0.850. The van der Waals surface area contributed by atoms with Crippen molar-refractivity contribution in [3.8, 4) is 0 Å². The molecule has 2 amide bonds. The predicted molar refractivity (Wildman–Crippen MR) is 85.9 cm³/mol. The molecule has 22 heavy (non-hydrogen) atoms. The SMILES string of the molecule is CN(CCCN1CCOCC1)C(=O)N1CCCCC1CCO. The second-order valence-corrected chi connectivity index (χ2v) is 6.37. The lowest BCUT2D eigenvalue weighted by molar-refractivity contribution is 0.0363. The number of rotatable bonds is 6. The number of morpholine rings is 1. The van der Waals surface area contributed by atoms with Crippen LogP contribution in [0.15, 0.2) is 0 Å². The number of piperidine rings is 1. The molecule has 0 aromatic rings. The highest BCUT2D eigenvalue weighted by molar-refractivity contribution is 5.74. The van der Waals surface area contributed by atoms with E-state index in [1.165, 1.54) is 0 Å². The van der Waals surface area contributed by atoms with E-state index in [1.54, 1.807) is 0 Å². The molecule has 2 aliphatic heterocycles. The first-order chi connectivity index (χ1) is 10.7. The number of aliphatic hydroxyl groups excluding tert-OH is 1. The Balaban J connectivity index is 1.72. The van der Waals surface area contributed by atoms with Crippen LogP contribution in [0.2, 0.25) is 0 Å². The highest BCUT2D eigenvalue weighted by Gasteiger charge is 2.28. The second-order valence-electron chi connectivity index (χ2n) is 6.37. The molecule has 2 aliphatic rings. The Bertz CT molecular complexity index is 333. The van der Waals surface area contributed by atoms with E-state index >= 15 is 0 Å². The van der Waals surface area contributed by atoms with Gasteiger partial charge in [-0.1, -0.05) is 0 Å². The fraction of sp³-hybridized carbons (Fsp3) is 0.938. The summed E-state index contributed by atoms with van der Waals surface area (Å²) in [7, 11) is 1.90. The molecule has 0 radical (unpaired) electrons. The largest absolute Gasteiger partial charge is 0.396 e. The van der Waals surface area contributed by atoms with Gasteiger partial charge in [0.1, 0.15) is 0 Å². The van der Waals surface area contributed by atoms with Crippen LogP contribution in [0.25, 0.3) is 0 Å². The van der Waals surface area contributed by atoms with Crippen molar-refractivity contribution in [3.63, 3.8) is 0 Å². The molecule has 0 saturated carbocycles. The van der Waals surface area contributed by atoms with Crippen LogP contribution in [-0.2, 0) is 4.74 Å². The topological polar surface area (TPSA) is 56.2 Å². The monoisotopic (exact) mass is 313 g/mol. The Labute approximate surface area is 134 Å². The molecule has 1 N–H and O–H groups in total. The van der Waals surface area contributed by atoms with E-state index in [4.69, 9.17) is 4.74 Å². The van der Waals surface area contributed by atoms with Gasteiger partial charge in [-0.2, -0.15) is 0 Å². The molecule has 0 spiro atoms. The van der Waals surface area contributed by atoms with Gasteiger partial charge in [-0.25, -0.2) is 4.79 Å². The maximum atomic E-state index is 12.6. The van der Waals surface area contributed by atoms with E-state index in [0.29, 0.717) is 6.42 Å². The summed E-state index contributed by atoms with van der Waals surface area (Å²) in [6, 6.07) is 0.341. The zero-order valence-corrected chi connectivity index (χ0v) is 13.9. The van der Waals surface area contributed by atoms with Crippen LogP contribution in [0.4, 0.5) is 4.79 Å². The van der Waals surface area contributed by atoms with Crippen molar-refractivity contribution in [1.29, 1.82) is 0 Å². The molecule has 0 aromatic carbocycles. The molecular weight excluding hydrogens is 282 g/mol. The van der Waals surface area contributed by atoms with Crippen LogP contribution in [-0.4, -0.2) is 91.5 Å². The van der Waals surface area contributed by atoms with Crippen LogP contribution in [0.3, 0.4) is 0 Å². The average molecular weight is 313 g/mol. The van der Waals surface area contributed by atoms with Gasteiger partial charge in [0.25, 0.3) is 0 Å². The maximum Gasteiger partial charge on any atom is 0.319 e. The van der Waals surface area contributed by atoms with Gasteiger partial charge in [-0.15, -0.1) is 0 Å². The van der Waals surface area contributed by atoms with Crippen LogP contribution in [0, 0.1) is 0 Å². The van der Waals surface area contributed by atoms with Crippen LogP contribution >= 0.6 is 0 Å². The van der Waals surface area contributed by atoms with Gasteiger partial charge in [0.15, 0.2) is 0 Å². The standard InChI is InChI=1S/C16H31N3O3/c1-17(7-4-8-18-10-13-22-14-11-18)16(21)19-9-3-2-5-15(19)6-12-20/h15,20H,2-14H2,1H3. The molecule has 0 aliphatic carbocycles. The first-order valence-electron chi connectivity index (χ1n) is 8.65. The third-order valence-corrected chi connectivity index (χ3v) is 4.73. The van der Waals surface area contributed by atoms with E-state index in [2.05, 4.69) is 4.90 Å². The summed E-state index contributed by atoms with van der Waals surface area (Å²) in [5, 5.41) is 9.18. The number of likely N-dealkylation sites (tertiary alicyclic amines) is 1. The normalized spacial score (nSPS) is 23.5. The van der Waals surface area contributed by atoms with Crippen molar-refractivity contribution in [1.82, 2.24) is 14.7 Å². The molecular formula is C16H31N3O3. The molecule has 6 heteroatoms. The van der Waals surface area contributed by atoms with Gasteiger partial charge in [-0.3, -0.25) is 4.90 Å². The number of aliphatic hydroxyl groups is 1. The number of nitrogens with zero attached hydrogens (tertiary/aromatic N) is 3. The minimum atomic E-state index is 0.125.